The number of nitrogens with zero attached hydrogens (tertiary/aromatic N) is 2. The highest BCUT2D eigenvalue weighted by atomic mass is 16.5. The zero-order valence-electron chi connectivity index (χ0n) is 8.04. The second kappa shape index (κ2) is 4.21. The first-order valence-corrected chi connectivity index (χ1v) is 4.11. The van der Waals surface area contributed by atoms with E-state index >= 15 is 0 Å². The highest BCUT2D eigenvalue weighted by Crippen LogP contribution is 2.07. The third kappa shape index (κ3) is 2.09. The van der Waals surface area contributed by atoms with E-state index in [-0.39, 0.29) is 5.82 Å². The summed E-state index contributed by atoms with van der Waals surface area (Å²) in [7, 11) is 1.45. The van der Waals surface area contributed by atoms with Crippen molar-refractivity contribution < 1.29 is 9.84 Å². The summed E-state index contributed by atoms with van der Waals surface area (Å²) >= 11 is 0. The number of hydrogen-bond acceptors (Lipinski definition) is 5. The van der Waals surface area contributed by atoms with E-state index in [1.165, 1.54) is 19.4 Å². The zero-order valence-corrected chi connectivity index (χ0v) is 8.04. The molecule has 14 heavy (non-hydrogen) atoms. The van der Waals surface area contributed by atoms with Crippen molar-refractivity contribution in [3.63, 3.8) is 0 Å². The molecule has 78 valence electrons. The molecule has 3 N–H and O–H groups in total. The first kappa shape index (κ1) is 10.7. The Bertz CT molecular complexity index is 363. The monoisotopic (exact) mass is 199 g/mol. The van der Waals surface area contributed by atoms with Crippen LogP contribution in [-0.2, 0) is 4.74 Å². The molecule has 0 bridgehead atoms. The van der Waals surface area contributed by atoms with Crippen molar-refractivity contribution in [2.75, 3.05) is 12.8 Å². The van der Waals surface area contributed by atoms with Crippen molar-refractivity contribution in [1.29, 1.82) is 0 Å². The van der Waals surface area contributed by atoms with Crippen LogP contribution in [0.3, 0.4) is 0 Å². The van der Waals surface area contributed by atoms with E-state index < -0.39 is 18.0 Å². The molecule has 0 radical (unpaired) electrons. The van der Waals surface area contributed by atoms with Gasteiger partial charge in [0.05, 0.1) is 6.10 Å². The topological polar surface area (TPSA) is 90.4 Å². The summed E-state index contributed by atoms with van der Waals surface area (Å²) in [6, 6.07) is 1.44. The number of aliphatic hydroxyl groups excluding tert-OH is 1. The van der Waals surface area contributed by atoms with E-state index in [1.807, 2.05) is 0 Å². The zero-order chi connectivity index (χ0) is 10.7. The van der Waals surface area contributed by atoms with Crippen LogP contribution < -0.4 is 11.4 Å². The van der Waals surface area contributed by atoms with Gasteiger partial charge in [-0.15, -0.1) is 0 Å². The van der Waals surface area contributed by atoms with Gasteiger partial charge in [0.1, 0.15) is 5.82 Å². The van der Waals surface area contributed by atoms with E-state index in [0.717, 1.165) is 4.57 Å². The fourth-order valence-corrected chi connectivity index (χ4v) is 0.975. The maximum absolute atomic E-state index is 11.3. The van der Waals surface area contributed by atoms with E-state index in [1.54, 1.807) is 6.92 Å². The molecule has 0 aliphatic heterocycles. The maximum atomic E-state index is 11.3. The minimum absolute atomic E-state index is 0.128. The normalized spacial score (nSPS) is 15.1. The summed E-state index contributed by atoms with van der Waals surface area (Å²) in [5.41, 5.74) is 4.70. The number of nitrogens with two attached hydrogens (primary N) is 1. The number of methoxy groups -OCH3 is 1. The smallest absolute Gasteiger partial charge is 0.351 e. The minimum Gasteiger partial charge on any atom is -0.383 e. The highest BCUT2D eigenvalue weighted by molar-refractivity contribution is 5.23. The quantitative estimate of drug-likeness (QED) is 0.675. The van der Waals surface area contributed by atoms with Gasteiger partial charge in [-0.1, -0.05) is 0 Å². The average Bonchev–Trinajstić information content (AvgIpc) is 2.15. The van der Waals surface area contributed by atoms with E-state index in [2.05, 4.69) is 4.98 Å². The Kier molecular flexibility index (Phi) is 3.21. The number of aromatic nitrogens is 2. The van der Waals surface area contributed by atoms with E-state index in [0.29, 0.717) is 0 Å². The number of rotatable bonds is 3. The Morgan fingerprint density at radius 1 is 1.71 bits per heavy atom. The third-order valence-electron chi connectivity index (χ3n) is 1.93. The van der Waals surface area contributed by atoms with E-state index in [4.69, 9.17) is 10.5 Å². The Morgan fingerprint density at radius 3 is 2.86 bits per heavy atom. The molecule has 0 saturated carbocycles. The molecule has 6 nitrogen and oxygen atoms in total. The Balaban J connectivity index is 3.02. The molecule has 0 aliphatic carbocycles. The lowest BCUT2D eigenvalue weighted by Gasteiger charge is -2.18. The summed E-state index contributed by atoms with van der Waals surface area (Å²) in [5, 5.41) is 9.62. The van der Waals surface area contributed by atoms with Gasteiger partial charge in [0.25, 0.3) is 0 Å². The summed E-state index contributed by atoms with van der Waals surface area (Å²) < 4.78 is 5.94. The van der Waals surface area contributed by atoms with Gasteiger partial charge in [-0.05, 0) is 13.0 Å². The van der Waals surface area contributed by atoms with Crippen LogP contribution >= 0.6 is 0 Å². The number of aliphatic hydroxyl groups is 1. The fraction of sp³-hybridized carbons (Fsp3) is 0.500. The number of hydrogen-bond donors (Lipinski definition) is 2. The summed E-state index contributed by atoms with van der Waals surface area (Å²) in [6.07, 6.45) is -0.163. The van der Waals surface area contributed by atoms with Gasteiger partial charge in [-0.3, -0.25) is 4.57 Å². The van der Waals surface area contributed by atoms with Gasteiger partial charge < -0.3 is 15.6 Å². The predicted molar refractivity (Wildman–Crippen MR) is 50.6 cm³/mol. The largest absolute Gasteiger partial charge is 0.383 e. The van der Waals surface area contributed by atoms with Crippen LogP contribution in [0.1, 0.15) is 13.2 Å². The number of ether oxygens (including phenoxy) is 1. The summed E-state index contributed by atoms with van der Waals surface area (Å²) in [4.78, 5) is 14.7. The lowest BCUT2D eigenvalue weighted by molar-refractivity contribution is -0.0444. The van der Waals surface area contributed by atoms with Crippen molar-refractivity contribution in [2.45, 2.75) is 19.3 Å². The Hall–Kier alpha value is -1.40. The number of anilines is 1. The second-order valence-corrected chi connectivity index (χ2v) is 2.90. The minimum atomic E-state index is -1.06. The Labute approximate surface area is 80.9 Å². The molecule has 1 aromatic heterocycles. The molecular weight excluding hydrogens is 186 g/mol. The van der Waals surface area contributed by atoms with Gasteiger partial charge in [0, 0.05) is 13.3 Å². The first-order valence-electron chi connectivity index (χ1n) is 4.11. The van der Waals surface area contributed by atoms with Crippen molar-refractivity contribution in [3.8, 4) is 0 Å². The second-order valence-electron chi connectivity index (χ2n) is 2.90. The summed E-state index contributed by atoms with van der Waals surface area (Å²) in [5.74, 6) is 0.128. The standard InChI is InChI=1S/C8H13N3O3/c1-5(14-2)7(12)11-4-3-6(9)10-8(11)13/h3-5,7,12H,1-2H3,(H2,9,10,13)/t5?,7-/m1/s1. The van der Waals surface area contributed by atoms with Crippen LogP contribution in [0.4, 0.5) is 5.82 Å². The third-order valence-corrected chi connectivity index (χ3v) is 1.93. The van der Waals surface area contributed by atoms with Crippen molar-refractivity contribution >= 4 is 5.82 Å². The lowest BCUT2D eigenvalue weighted by Crippen LogP contribution is -2.33. The SMILES string of the molecule is COC(C)[C@@H](O)n1ccc(N)nc1=O. The molecule has 0 aromatic carbocycles. The van der Waals surface area contributed by atoms with E-state index in [9.17, 15) is 9.90 Å². The van der Waals surface area contributed by atoms with Crippen LogP contribution in [0.15, 0.2) is 17.1 Å². The predicted octanol–water partition coefficient (Wildman–Crippen LogP) is -0.649. The average molecular weight is 199 g/mol. The Morgan fingerprint density at radius 2 is 2.36 bits per heavy atom. The van der Waals surface area contributed by atoms with Crippen LogP contribution in [0, 0.1) is 0 Å². The summed E-state index contributed by atoms with van der Waals surface area (Å²) in [6.45, 7) is 1.65. The van der Waals surface area contributed by atoms with Gasteiger partial charge >= 0.3 is 5.69 Å². The van der Waals surface area contributed by atoms with Gasteiger partial charge in [0.15, 0.2) is 6.23 Å². The molecule has 0 spiro atoms. The van der Waals surface area contributed by atoms with Crippen LogP contribution in [0.2, 0.25) is 0 Å². The molecule has 0 aliphatic rings. The van der Waals surface area contributed by atoms with Crippen LogP contribution in [-0.4, -0.2) is 27.9 Å². The number of nitrogen functional groups attached to an aromatic ring is 1. The van der Waals surface area contributed by atoms with Gasteiger partial charge in [-0.25, -0.2) is 4.79 Å². The van der Waals surface area contributed by atoms with Crippen molar-refractivity contribution in [2.24, 2.45) is 0 Å². The van der Waals surface area contributed by atoms with Crippen molar-refractivity contribution in [3.05, 3.63) is 22.7 Å². The molecule has 2 atom stereocenters. The molecule has 6 heteroatoms. The van der Waals surface area contributed by atoms with Crippen LogP contribution in [0.25, 0.3) is 0 Å². The van der Waals surface area contributed by atoms with Crippen molar-refractivity contribution in [1.82, 2.24) is 9.55 Å². The maximum Gasteiger partial charge on any atom is 0.351 e. The molecule has 0 amide bonds. The van der Waals surface area contributed by atoms with Gasteiger partial charge in [-0.2, -0.15) is 4.98 Å². The molecule has 0 fully saturated rings. The highest BCUT2D eigenvalue weighted by Gasteiger charge is 2.16. The molecule has 0 saturated heterocycles. The lowest BCUT2D eigenvalue weighted by atomic mass is 10.3. The molecule has 1 heterocycles. The molecule has 1 aromatic rings. The molecule has 1 rings (SSSR count). The fourth-order valence-electron chi connectivity index (χ4n) is 0.975. The first-order chi connectivity index (χ1) is 6.56. The van der Waals surface area contributed by atoms with Gasteiger partial charge in [0.2, 0.25) is 0 Å². The molecule has 1 unspecified atom stereocenters. The molecular formula is C8H13N3O3. The van der Waals surface area contributed by atoms with Crippen LogP contribution in [0.5, 0.6) is 0 Å².